The maximum Gasteiger partial charge on any atom is 0.333 e. The number of pyridine rings is 1. The Labute approximate surface area is 214 Å². The number of benzene rings is 1. The molecule has 0 aliphatic heterocycles. The molecule has 188 valence electrons. The van der Waals surface area contributed by atoms with Crippen LogP contribution in [0.4, 0.5) is 14.5 Å². The third-order valence-corrected chi connectivity index (χ3v) is 6.11. The van der Waals surface area contributed by atoms with E-state index in [4.69, 9.17) is 37.1 Å². The van der Waals surface area contributed by atoms with Crippen molar-refractivity contribution in [3.05, 3.63) is 76.0 Å². The molecule has 0 saturated heterocycles. The first kappa shape index (κ1) is 25.5. The first-order valence-corrected chi connectivity index (χ1v) is 11.2. The smallest absolute Gasteiger partial charge is 0.333 e. The molecule has 0 bridgehead atoms. The fourth-order valence-electron chi connectivity index (χ4n) is 3.65. The van der Waals surface area contributed by atoms with E-state index in [9.17, 15) is 4.79 Å². The van der Waals surface area contributed by atoms with E-state index in [1.54, 1.807) is 24.0 Å². The molecule has 4 aromatic rings. The van der Waals surface area contributed by atoms with E-state index in [0.717, 1.165) is 6.08 Å². The van der Waals surface area contributed by atoms with Crippen LogP contribution in [-0.2, 0) is 24.2 Å². The molecule has 3 heterocycles. The number of carbonyl (C=O) groups excluding carboxylic acids is 1. The Bertz CT molecular complexity index is 1450. The standard InChI is InChI=1S/C24H20Cl2F2N4O4/c1-5-20(33)30-15-11-32(2)31-14(15)8-13-6-12-7-19(36-18(12)10-29-13)24(27,28)21-22(25)16(34-3)9-17(35-4)23(21)26/h5-7,9-11H,1,8H2,2-4H3,(H,30,33). The van der Waals surface area contributed by atoms with Gasteiger partial charge in [-0.1, -0.05) is 29.8 Å². The number of nitrogens with zero attached hydrogens (tertiary/aromatic N) is 3. The van der Waals surface area contributed by atoms with Crippen LogP contribution in [0.2, 0.25) is 10.0 Å². The number of methoxy groups -OCH3 is 2. The Morgan fingerprint density at radius 2 is 1.89 bits per heavy atom. The number of aromatic nitrogens is 3. The van der Waals surface area contributed by atoms with Crippen molar-refractivity contribution in [1.29, 1.82) is 0 Å². The highest BCUT2D eigenvalue weighted by Gasteiger charge is 2.44. The molecule has 8 nitrogen and oxygen atoms in total. The van der Waals surface area contributed by atoms with Crippen molar-refractivity contribution in [2.24, 2.45) is 7.05 Å². The third-order valence-electron chi connectivity index (χ3n) is 5.35. The summed E-state index contributed by atoms with van der Waals surface area (Å²) in [4.78, 5) is 16.0. The van der Waals surface area contributed by atoms with Gasteiger partial charge < -0.3 is 19.2 Å². The zero-order valence-corrected chi connectivity index (χ0v) is 20.9. The van der Waals surface area contributed by atoms with Crippen LogP contribution in [0.5, 0.6) is 11.5 Å². The molecule has 1 amide bonds. The number of anilines is 1. The molecule has 1 aromatic carbocycles. The van der Waals surface area contributed by atoms with Crippen molar-refractivity contribution in [3.63, 3.8) is 0 Å². The molecule has 0 aliphatic rings. The fourth-order valence-corrected chi connectivity index (χ4v) is 4.39. The monoisotopic (exact) mass is 536 g/mol. The van der Waals surface area contributed by atoms with E-state index >= 15 is 8.78 Å². The molecular formula is C24H20Cl2F2N4O4. The fraction of sp³-hybridized carbons (Fsp3) is 0.208. The van der Waals surface area contributed by atoms with Gasteiger partial charge in [-0.25, -0.2) is 0 Å². The molecule has 4 rings (SSSR count). The largest absolute Gasteiger partial charge is 0.495 e. The average molecular weight is 537 g/mol. The van der Waals surface area contributed by atoms with E-state index in [0.29, 0.717) is 22.5 Å². The number of carbonyl (C=O) groups is 1. The van der Waals surface area contributed by atoms with Gasteiger partial charge in [0.15, 0.2) is 11.3 Å². The second-order valence-electron chi connectivity index (χ2n) is 7.72. The van der Waals surface area contributed by atoms with Crippen LogP contribution in [0.1, 0.15) is 22.7 Å². The lowest BCUT2D eigenvalue weighted by atomic mass is 10.0. The van der Waals surface area contributed by atoms with Crippen LogP contribution in [-0.4, -0.2) is 34.9 Å². The number of hydrogen-bond acceptors (Lipinski definition) is 6. The van der Waals surface area contributed by atoms with Crippen LogP contribution in [0.15, 0.2) is 47.7 Å². The molecule has 12 heteroatoms. The number of ether oxygens (including phenoxy) is 2. The normalized spacial score (nSPS) is 11.5. The number of rotatable bonds is 8. The lowest BCUT2D eigenvalue weighted by Gasteiger charge is -2.20. The van der Waals surface area contributed by atoms with Gasteiger partial charge in [0.2, 0.25) is 5.91 Å². The van der Waals surface area contributed by atoms with Crippen molar-refractivity contribution >= 4 is 45.8 Å². The van der Waals surface area contributed by atoms with E-state index in [2.05, 4.69) is 22.0 Å². The number of fused-ring (bicyclic) bond motifs is 1. The van der Waals surface area contributed by atoms with Gasteiger partial charge in [0, 0.05) is 36.8 Å². The molecule has 1 N–H and O–H groups in total. The number of hydrogen-bond donors (Lipinski definition) is 1. The summed E-state index contributed by atoms with van der Waals surface area (Å²) >= 11 is 12.4. The number of furan rings is 1. The Morgan fingerprint density at radius 1 is 1.22 bits per heavy atom. The first-order valence-electron chi connectivity index (χ1n) is 10.4. The van der Waals surface area contributed by atoms with Crippen LogP contribution in [0.3, 0.4) is 0 Å². The van der Waals surface area contributed by atoms with E-state index in [1.807, 2.05) is 0 Å². The number of nitrogens with one attached hydrogen (secondary N) is 1. The molecule has 0 unspecified atom stereocenters. The summed E-state index contributed by atoms with van der Waals surface area (Å²) in [6, 6.07) is 4.11. The topological polar surface area (TPSA) is 91.4 Å². The summed E-state index contributed by atoms with van der Waals surface area (Å²) in [5.74, 6) is -4.85. The van der Waals surface area contributed by atoms with Gasteiger partial charge in [-0.2, -0.15) is 13.9 Å². The first-order chi connectivity index (χ1) is 17.1. The molecule has 0 spiro atoms. The number of alkyl halides is 2. The molecule has 3 aromatic heterocycles. The zero-order valence-electron chi connectivity index (χ0n) is 19.4. The third kappa shape index (κ3) is 4.61. The van der Waals surface area contributed by atoms with Gasteiger partial charge in [-0.05, 0) is 18.2 Å². The minimum atomic E-state index is -3.72. The van der Waals surface area contributed by atoms with E-state index in [-0.39, 0.29) is 39.5 Å². The second kappa shape index (κ2) is 9.79. The molecule has 0 aliphatic carbocycles. The highest BCUT2D eigenvalue weighted by Crippen LogP contribution is 2.50. The molecule has 0 radical (unpaired) electrons. The van der Waals surface area contributed by atoms with Gasteiger partial charge >= 0.3 is 5.92 Å². The Balaban J connectivity index is 1.72. The van der Waals surface area contributed by atoms with Gasteiger partial charge in [0.1, 0.15) is 11.5 Å². The average Bonchev–Trinajstić information content (AvgIpc) is 3.42. The lowest BCUT2D eigenvalue weighted by Crippen LogP contribution is -2.16. The van der Waals surface area contributed by atoms with Crippen molar-refractivity contribution in [2.75, 3.05) is 19.5 Å². The summed E-state index contributed by atoms with van der Waals surface area (Å²) in [6.07, 6.45) is 4.35. The Morgan fingerprint density at radius 3 is 2.50 bits per heavy atom. The molecular weight excluding hydrogens is 517 g/mol. The Kier molecular flexibility index (Phi) is 6.92. The van der Waals surface area contributed by atoms with Gasteiger partial charge in [-0.3, -0.25) is 14.5 Å². The van der Waals surface area contributed by atoms with Crippen molar-refractivity contribution in [2.45, 2.75) is 12.3 Å². The van der Waals surface area contributed by atoms with Crippen LogP contribution >= 0.6 is 23.2 Å². The van der Waals surface area contributed by atoms with E-state index < -0.39 is 17.2 Å². The lowest BCUT2D eigenvalue weighted by molar-refractivity contribution is -0.111. The second-order valence-corrected chi connectivity index (χ2v) is 8.47. The molecule has 0 atom stereocenters. The SMILES string of the molecule is C=CC(=O)Nc1cn(C)nc1Cc1cc2cc(C(F)(F)c3c(Cl)c(OC)cc(OC)c3Cl)oc2cn1. The molecule has 0 fully saturated rings. The summed E-state index contributed by atoms with van der Waals surface area (Å²) in [6.45, 7) is 3.43. The van der Waals surface area contributed by atoms with Crippen LogP contribution in [0, 0.1) is 0 Å². The highest BCUT2D eigenvalue weighted by molar-refractivity contribution is 6.38. The van der Waals surface area contributed by atoms with Gasteiger partial charge in [0.05, 0.1) is 47.4 Å². The quantitative estimate of drug-likeness (QED) is 0.288. The van der Waals surface area contributed by atoms with Gasteiger partial charge in [-0.15, -0.1) is 0 Å². The predicted octanol–water partition coefficient (Wildman–Crippen LogP) is 5.74. The summed E-state index contributed by atoms with van der Waals surface area (Å²) in [7, 11) is 4.29. The number of amides is 1. The molecule has 36 heavy (non-hydrogen) atoms. The predicted molar refractivity (Wildman–Crippen MR) is 131 cm³/mol. The van der Waals surface area contributed by atoms with E-state index in [1.165, 1.54) is 32.5 Å². The maximum atomic E-state index is 15.7. The Hall–Kier alpha value is -3.63. The maximum absolute atomic E-state index is 15.7. The van der Waals surface area contributed by atoms with Crippen molar-refractivity contribution in [1.82, 2.24) is 14.8 Å². The summed E-state index contributed by atoms with van der Waals surface area (Å²) in [5, 5.41) is 6.67. The summed E-state index contributed by atoms with van der Waals surface area (Å²) in [5.41, 5.74) is 0.975. The van der Waals surface area contributed by atoms with Crippen molar-refractivity contribution in [3.8, 4) is 11.5 Å². The number of halogens is 4. The van der Waals surface area contributed by atoms with Gasteiger partial charge in [0.25, 0.3) is 0 Å². The zero-order chi connectivity index (χ0) is 26.2. The number of aryl methyl sites for hydroxylation is 1. The minimum absolute atomic E-state index is 0.0256. The summed E-state index contributed by atoms with van der Waals surface area (Å²) < 4.78 is 48.6. The minimum Gasteiger partial charge on any atom is -0.495 e. The van der Waals surface area contributed by atoms with Crippen LogP contribution in [0.25, 0.3) is 11.0 Å². The van der Waals surface area contributed by atoms with Crippen LogP contribution < -0.4 is 14.8 Å². The molecule has 0 saturated carbocycles. The highest BCUT2D eigenvalue weighted by atomic mass is 35.5. The van der Waals surface area contributed by atoms with Crippen molar-refractivity contribution < 1.29 is 27.5 Å².